The van der Waals surface area contributed by atoms with Crippen LogP contribution in [0.15, 0.2) is 61.2 Å². The van der Waals surface area contributed by atoms with Gasteiger partial charge >= 0.3 is 6.18 Å². The summed E-state index contributed by atoms with van der Waals surface area (Å²) in [7, 11) is 1.29. The largest absolute Gasteiger partial charge is 0.431 e. The number of rotatable bonds is 6. The van der Waals surface area contributed by atoms with Crippen LogP contribution in [0.4, 0.5) is 24.7 Å². The Bertz CT molecular complexity index is 922. The molecular weight excluding hydrogens is 397 g/mol. The Labute approximate surface area is 172 Å². The molecule has 1 N–H and O–H groups in total. The third-order valence-electron chi connectivity index (χ3n) is 4.68. The summed E-state index contributed by atoms with van der Waals surface area (Å²) < 4.78 is 46.3. The number of alkyl halides is 3. The number of hydrogen-bond donors (Lipinski definition) is 1. The van der Waals surface area contributed by atoms with Gasteiger partial charge in [-0.25, -0.2) is 4.98 Å². The first-order chi connectivity index (χ1) is 14.3. The number of hydrogen-bond acceptors (Lipinski definition) is 5. The van der Waals surface area contributed by atoms with E-state index in [9.17, 15) is 18.0 Å². The maximum absolute atomic E-state index is 13.7. The number of allylic oxidation sites excluding steroid dienone is 3. The van der Waals surface area contributed by atoms with E-state index in [1.807, 2.05) is 0 Å². The standard InChI is InChI=1S/C21H21F3N4O2/c1-14(15-4-3-8-25-11-15)10-18(21(22,23)24)28(2)17-5-6-19(26-12-17)27-20(29)16-7-9-30-13-16/h3-6,8,10-12,16H,1,7,9,13H2,2H3,(H,26,27,29)/b18-10-. The van der Waals surface area contributed by atoms with Crippen molar-refractivity contribution in [3.05, 3.63) is 66.8 Å². The van der Waals surface area contributed by atoms with E-state index in [-0.39, 0.29) is 28.9 Å². The Balaban J connectivity index is 1.77. The molecule has 1 saturated heterocycles. The van der Waals surface area contributed by atoms with E-state index in [1.54, 1.807) is 12.1 Å². The first kappa shape index (κ1) is 21.5. The normalized spacial score (nSPS) is 16.9. The van der Waals surface area contributed by atoms with Gasteiger partial charge in [-0.15, -0.1) is 0 Å². The van der Waals surface area contributed by atoms with Crippen molar-refractivity contribution in [2.24, 2.45) is 5.92 Å². The molecule has 158 valence electrons. The molecule has 0 spiro atoms. The van der Waals surface area contributed by atoms with E-state index < -0.39 is 11.9 Å². The minimum absolute atomic E-state index is 0.179. The van der Waals surface area contributed by atoms with Gasteiger partial charge in [0.05, 0.1) is 24.4 Å². The summed E-state index contributed by atoms with van der Waals surface area (Å²) in [6.45, 7) is 4.61. The second-order valence-electron chi connectivity index (χ2n) is 6.80. The molecule has 0 radical (unpaired) electrons. The molecule has 1 amide bonds. The Morgan fingerprint density at radius 3 is 2.70 bits per heavy atom. The molecule has 30 heavy (non-hydrogen) atoms. The zero-order valence-electron chi connectivity index (χ0n) is 16.3. The second-order valence-corrected chi connectivity index (χ2v) is 6.80. The number of halogens is 3. The van der Waals surface area contributed by atoms with Gasteiger partial charge in [0, 0.05) is 26.0 Å². The van der Waals surface area contributed by atoms with E-state index in [4.69, 9.17) is 4.74 Å². The zero-order chi connectivity index (χ0) is 21.7. The van der Waals surface area contributed by atoms with Crippen molar-refractivity contribution in [3.8, 4) is 0 Å². The molecule has 1 aliphatic heterocycles. The average molecular weight is 418 g/mol. The molecule has 1 unspecified atom stereocenters. The summed E-state index contributed by atoms with van der Waals surface area (Å²) in [5.41, 5.74) is -0.0320. The monoisotopic (exact) mass is 418 g/mol. The van der Waals surface area contributed by atoms with Crippen LogP contribution in [-0.2, 0) is 9.53 Å². The first-order valence-corrected chi connectivity index (χ1v) is 9.22. The summed E-state index contributed by atoms with van der Waals surface area (Å²) in [5, 5.41) is 2.66. The number of nitrogens with one attached hydrogen (secondary N) is 1. The van der Waals surface area contributed by atoms with Crippen molar-refractivity contribution < 1.29 is 22.7 Å². The minimum Gasteiger partial charge on any atom is -0.381 e. The van der Waals surface area contributed by atoms with E-state index in [0.717, 1.165) is 11.0 Å². The van der Waals surface area contributed by atoms with Gasteiger partial charge in [-0.1, -0.05) is 12.6 Å². The lowest BCUT2D eigenvalue weighted by molar-refractivity contribution is -0.119. The summed E-state index contributed by atoms with van der Waals surface area (Å²) in [6.07, 6.45) is 1.23. The van der Waals surface area contributed by atoms with Gasteiger partial charge in [0.2, 0.25) is 5.91 Å². The fourth-order valence-electron chi connectivity index (χ4n) is 2.94. The third kappa shape index (κ3) is 5.24. The van der Waals surface area contributed by atoms with E-state index >= 15 is 0 Å². The van der Waals surface area contributed by atoms with Crippen LogP contribution < -0.4 is 10.2 Å². The van der Waals surface area contributed by atoms with Crippen molar-refractivity contribution >= 4 is 23.0 Å². The number of amides is 1. The second kappa shape index (κ2) is 9.08. The lowest BCUT2D eigenvalue weighted by Crippen LogP contribution is -2.28. The molecule has 3 rings (SSSR count). The van der Waals surface area contributed by atoms with Gasteiger partial charge in [-0.2, -0.15) is 13.2 Å². The van der Waals surface area contributed by atoms with Crippen LogP contribution in [0.1, 0.15) is 12.0 Å². The fourth-order valence-corrected chi connectivity index (χ4v) is 2.94. The number of nitrogens with zero attached hydrogens (tertiary/aromatic N) is 3. The van der Waals surface area contributed by atoms with Gasteiger partial charge in [-0.3, -0.25) is 9.78 Å². The number of carbonyl (C=O) groups is 1. The molecule has 6 nitrogen and oxygen atoms in total. The van der Waals surface area contributed by atoms with E-state index in [2.05, 4.69) is 21.9 Å². The highest BCUT2D eigenvalue weighted by Gasteiger charge is 2.37. The van der Waals surface area contributed by atoms with Crippen molar-refractivity contribution in [2.45, 2.75) is 12.6 Å². The number of pyridine rings is 2. The number of anilines is 2. The van der Waals surface area contributed by atoms with Crippen LogP contribution in [-0.4, -0.2) is 42.3 Å². The summed E-state index contributed by atoms with van der Waals surface area (Å²) in [5.74, 6) is -0.196. The van der Waals surface area contributed by atoms with Gasteiger partial charge < -0.3 is 15.0 Å². The summed E-state index contributed by atoms with van der Waals surface area (Å²) in [6, 6.07) is 6.18. The predicted octanol–water partition coefficient (Wildman–Crippen LogP) is 4.05. The first-order valence-electron chi connectivity index (χ1n) is 9.22. The molecule has 1 fully saturated rings. The Morgan fingerprint density at radius 2 is 2.13 bits per heavy atom. The Morgan fingerprint density at radius 1 is 1.33 bits per heavy atom. The molecule has 3 heterocycles. The zero-order valence-corrected chi connectivity index (χ0v) is 16.3. The van der Waals surface area contributed by atoms with Crippen molar-refractivity contribution in [1.29, 1.82) is 0 Å². The molecule has 0 aromatic carbocycles. The van der Waals surface area contributed by atoms with E-state index in [0.29, 0.717) is 25.2 Å². The fraction of sp³-hybridized carbons (Fsp3) is 0.286. The third-order valence-corrected chi connectivity index (χ3v) is 4.68. The van der Waals surface area contributed by atoms with Crippen molar-refractivity contribution in [1.82, 2.24) is 9.97 Å². The SMILES string of the molecule is C=C(/C=C(\N(C)c1ccc(NC(=O)C2CCOC2)nc1)C(F)(F)F)c1cccnc1. The molecule has 0 saturated carbocycles. The smallest absolute Gasteiger partial charge is 0.381 e. The van der Waals surface area contributed by atoms with Crippen molar-refractivity contribution in [3.63, 3.8) is 0 Å². The molecule has 1 atom stereocenters. The number of aromatic nitrogens is 2. The minimum atomic E-state index is -4.62. The molecule has 2 aromatic heterocycles. The van der Waals surface area contributed by atoms with Crippen LogP contribution in [0.5, 0.6) is 0 Å². The van der Waals surface area contributed by atoms with Crippen LogP contribution in [0, 0.1) is 5.92 Å². The Kier molecular flexibility index (Phi) is 6.51. The number of carbonyl (C=O) groups excluding carboxylic acids is 1. The molecule has 2 aromatic rings. The quantitative estimate of drug-likeness (QED) is 0.717. The summed E-state index contributed by atoms with van der Waals surface area (Å²) in [4.78, 5) is 21.1. The van der Waals surface area contributed by atoms with E-state index in [1.165, 1.54) is 37.8 Å². The lowest BCUT2D eigenvalue weighted by Gasteiger charge is -2.25. The number of ether oxygens (including phenoxy) is 1. The molecule has 0 aliphatic carbocycles. The van der Waals surface area contributed by atoms with Crippen molar-refractivity contribution in [2.75, 3.05) is 30.5 Å². The highest BCUT2D eigenvalue weighted by atomic mass is 19.4. The van der Waals surface area contributed by atoms with Crippen LogP contribution in [0.25, 0.3) is 5.57 Å². The topological polar surface area (TPSA) is 67.4 Å². The van der Waals surface area contributed by atoms with Gasteiger partial charge in [0.15, 0.2) is 0 Å². The predicted molar refractivity (Wildman–Crippen MR) is 108 cm³/mol. The summed E-state index contributed by atoms with van der Waals surface area (Å²) >= 11 is 0. The van der Waals surface area contributed by atoms with Crippen LogP contribution >= 0.6 is 0 Å². The van der Waals surface area contributed by atoms with Gasteiger partial charge in [0.1, 0.15) is 11.5 Å². The molecule has 0 bridgehead atoms. The molecule has 9 heteroatoms. The highest BCUT2D eigenvalue weighted by Crippen LogP contribution is 2.33. The van der Waals surface area contributed by atoms with Gasteiger partial charge in [0.25, 0.3) is 0 Å². The van der Waals surface area contributed by atoms with Crippen LogP contribution in [0.2, 0.25) is 0 Å². The Hall–Kier alpha value is -3.20. The molecular formula is C21H21F3N4O2. The lowest BCUT2D eigenvalue weighted by atomic mass is 10.1. The van der Waals surface area contributed by atoms with Crippen LogP contribution in [0.3, 0.4) is 0 Å². The maximum Gasteiger partial charge on any atom is 0.431 e. The molecule has 1 aliphatic rings. The average Bonchev–Trinajstić information content (AvgIpc) is 3.27. The maximum atomic E-state index is 13.7. The van der Waals surface area contributed by atoms with Gasteiger partial charge in [-0.05, 0) is 41.8 Å². The highest BCUT2D eigenvalue weighted by molar-refractivity contribution is 5.92.